The molecule has 0 aliphatic heterocycles. The number of halogens is 1. The van der Waals surface area contributed by atoms with Crippen molar-refractivity contribution in [1.82, 2.24) is 5.43 Å². The Morgan fingerprint density at radius 3 is 2.50 bits per heavy atom. The Hall–Kier alpha value is -2.17. The zero-order chi connectivity index (χ0) is 15.5. The van der Waals surface area contributed by atoms with E-state index in [0.717, 1.165) is 21.4 Å². The van der Waals surface area contributed by atoms with Crippen LogP contribution in [0.4, 0.5) is 0 Å². The molecule has 0 bridgehead atoms. The minimum absolute atomic E-state index is 0.290. The van der Waals surface area contributed by atoms with Crippen molar-refractivity contribution < 1.29 is 4.79 Å². The zero-order valence-electron chi connectivity index (χ0n) is 11.8. The lowest BCUT2D eigenvalue weighted by Crippen LogP contribution is -2.18. The summed E-state index contributed by atoms with van der Waals surface area (Å²) < 4.78 is 0.987. The highest BCUT2D eigenvalue weighted by atomic mass is 35.5. The first-order valence-corrected chi connectivity index (χ1v) is 7.93. The van der Waals surface area contributed by atoms with Gasteiger partial charge in [0.1, 0.15) is 4.88 Å². The van der Waals surface area contributed by atoms with Gasteiger partial charge in [-0.15, -0.1) is 11.3 Å². The molecule has 110 valence electrons. The summed E-state index contributed by atoms with van der Waals surface area (Å²) in [7, 11) is 0. The highest BCUT2D eigenvalue weighted by molar-refractivity contribution is 7.21. The predicted octanol–water partition coefficient (Wildman–Crippen LogP) is 4.71. The molecule has 5 heteroatoms. The summed E-state index contributed by atoms with van der Waals surface area (Å²) in [5, 5.41) is 5.52. The minimum atomic E-state index is -0.290. The summed E-state index contributed by atoms with van der Waals surface area (Å²) in [4.78, 5) is 12.8. The minimum Gasteiger partial charge on any atom is -0.266 e. The van der Waals surface area contributed by atoms with Crippen molar-refractivity contribution in [2.75, 3.05) is 0 Å². The SMILES string of the molecule is C/C(=N\NC(=O)c1sc2ccccc2c1Cl)c1ccccc1. The van der Waals surface area contributed by atoms with Gasteiger partial charge in [-0.25, -0.2) is 5.43 Å². The van der Waals surface area contributed by atoms with Crippen LogP contribution >= 0.6 is 22.9 Å². The highest BCUT2D eigenvalue weighted by Gasteiger charge is 2.16. The summed E-state index contributed by atoms with van der Waals surface area (Å²) in [6, 6.07) is 17.4. The molecule has 3 nitrogen and oxygen atoms in total. The number of carbonyl (C=O) groups excluding carboxylic acids is 1. The Kier molecular flexibility index (Phi) is 4.22. The number of amides is 1. The van der Waals surface area contributed by atoms with Gasteiger partial charge in [0.15, 0.2) is 0 Å². The molecule has 0 unspecified atom stereocenters. The molecule has 1 N–H and O–H groups in total. The van der Waals surface area contributed by atoms with Gasteiger partial charge in [0.25, 0.3) is 5.91 Å². The number of fused-ring (bicyclic) bond motifs is 1. The van der Waals surface area contributed by atoms with Crippen LogP contribution in [0.2, 0.25) is 5.02 Å². The number of thiophene rings is 1. The van der Waals surface area contributed by atoms with Crippen LogP contribution in [0.5, 0.6) is 0 Å². The molecule has 0 saturated heterocycles. The lowest BCUT2D eigenvalue weighted by molar-refractivity contribution is 0.0959. The summed E-state index contributed by atoms with van der Waals surface area (Å²) in [6.07, 6.45) is 0. The first-order chi connectivity index (χ1) is 10.7. The second-order valence-corrected chi connectivity index (χ2v) is 6.18. The van der Waals surface area contributed by atoms with Crippen LogP contribution in [0.15, 0.2) is 59.7 Å². The van der Waals surface area contributed by atoms with Gasteiger partial charge in [0.2, 0.25) is 0 Å². The van der Waals surface area contributed by atoms with E-state index >= 15 is 0 Å². The molecule has 2 aromatic carbocycles. The van der Waals surface area contributed by atoms with Crippen LogP contribution in [0.3, 0.4) is 0 Å². The third-order valence-corrected chi connectivity index (χ3v) is 4.93. The van der Waals surface area contributed by atoms with E-state index in [2.05, 4.69) is 10.5 Å². The molecule has 3 aromatic rings. The van der Waals surface area contributed by atoms with E-state index in [9.17, 15) is 4.79 Å². The molecule has 0 aliphatic carbocycles. The zero-order valence-corrected chi connectivity index (χ0v) is 13.4. The first-order valence-electron chi connectivity index (χ1n) is 6.74. The summed E-state index contributed by atoms with van der Waals surface area (Å²) in [5.74, 6) is -0.290. The van der Waals surface area contributed by atoms with E-state index in [-0.39, 0.29) is 5.91 Å². The Morgan fingerprint density at radius 2 is 1.77 bits per heavy atom. The van der Waals surface area contributed by atoms with E-state index in [1.54, 1.807) is 0 Å². The molecule has 1 heterocycles. The van der Waals surface area contributed by atoms with Crippen LogP contribution in [-0.2, 0) is 0 Å². The number of carbonyl (C=O) groups is 1. The number of hydrazone groups is 1. The van der Waals surface area contributed by atoms with Crippen molar-refractivity contribution >= 4 is 44.6 Å². The van der Waals surface area contributed by atoms with E-state index in [0.29, 0.717) is 9.90 Å². The van der Waals surface area contributed by atoms with Gasteiger partial charge < -0.3 is 0 Å². The van der Waals surface area contributed by atoms with E-state index < -0.39 is 0 Å². The lowest BCUT2D eigenvalue weighted by atomic mass is 10.1. The Labute approximate surface area is 137 Å². The third-order valence-electron chi connectivity index (χ3n) is 3.26. The quantitative estimate of drug-likeness (QED) is 0.549. The van der Waals surface area contributed by atoms with Crippen LogP contribution in [0, 0.1) is 0 Å². The van der Waals surface area contributed by atoms with Gasteiger partial charge in [-0.05, 0) is 18.6 Å². The van der Waals surface area contributed by atoms with Crippen molar-refractivity contribution in [2.45, 2.75) is 6.92 Å². The average molecular weight is 329 g/mol. The number of hydrogen-bond donors (Lipinski definition) is 1. The fraction of sp³-hybridized carbons (Fsp3) is 0.0588. The van der Waals surface area contributed by atoms with Gasteiger partial charge in [0, 0.05) is 10.1 Å². The van der Waals surface area contributed by atoms with Crippen LogP contribution < -0.4 is 5.43 Å². The number of nitrogens with zero attached hydrogens (tertiary/aromatic N) is 1. The standard InChI is InChI=1S/C17H13ClN2OS/c1-11(12-7-3-2-4-8-12)19-20-17(21)16-15(18)13-9-5-6-10-14(13)22-16/h2-10H,1H3,(H,20,21)/b19-11+. The number of nitrogens with one attached hydrogen (secondary N) is 1. The maximum absolute atomic E-state index is 12.3. The van der Waals surface area contributed by atoms with Crippen molar-refractivity contribution in [3.05, 3.63) is 70.1 Å². The number of benzene rings is 2. The molecule has 0 radical (unpaired) electrons. The Morgan fingerprint density at radius 1 is 1.09 bits per heavy atom. The fourth-order valence-corrected chi connectivity index (χ4v) is 3.50. The van der Waals surface area contributed by atoms with E-state index in [1.165, 1.54) is 11.3 Å². The van der Waals surface area contributed by atoms with Crippen molar-refractivity contribution in [2.24, 2.45) is 5.10 Å². The average Bonchev–Trinajstić information content (AvgIpc) is 2.90. The highest BCUT2D eigenvalue weighted by Crippen LogP contribution is 2.34. The third kappa shape index (κ3) is 2.89. The predicted molar refractivity (Wildman–Crippen MR) is 93.0 cm³/mol. The number of rotatable bonds is 3. The van der Waals surface area contributed by atoms with Crippen LogP contribution in [0.1, 0.15) is 22.2 Å². The van der Waals surface area contributed by atoms with Gasteiger partial charge >= 0.3 is 0 Å². The summed E-state index contributed by atoms with van der Waals surface area (Å²) in [6.45, 7) is 1.85. The normalized spacial score (nSPS) is 11.6. The molecule has 22 heavy (non-hydrogen) atoms. The first kappa shape index (κ1) is 14.8. The van der Waals surface area contributed by atoms with Gasteiger partial charge in [-0.2, -0.15) is 5.10 Å². The maximum Gasteiger partial charge on any atom is 0.283 e. The van der Waals surface area contributed by atoms with Gasteiger partial charge in [-0.1, -0.05) is 60.1 Å². The van der Waals surface area contributed by atoms with Gasteiger partial charge in [-0.3, -0.25) is 4.79 Å². The molecule has 0 saturated carbocycles. The molecule has 0 aliphatic rings. The molecule has 0 spiro atoms. The maximum atomic E-state index is 12.3. The fourth-order valence-electron chi connectivity index (χ4n) is 2.09. The van der Waals surface area contributed by atoms with E-state index in [4.69, 9.17) is 11.6 Å². The van der Waals surface area contributed by atoms with Crippen molar-refractivity contribution in [3.8, 4) is 0 Å². The second kappa shape index (κ2) is 6.30. The topological polar surface area (TPSA) is 41.5 Å². The largest absolute Gasteiger partial charge is 0.283 e. The van der Waals surface area contributed by atoms with Gasteiger partial charge in [0.05, 0.1) is 10.7 Å². The van der Waals surface area contributed by atoms with Crippen molar-refractivity contribution in [1.29, 1.82) is 0 Å². The van der Waals surface area contributed by atoms with Crippen LogP contribution in [-0.4, -0.2) is 11.6 Å². The molecule has 3 rings (SSSR count). The van der Waals surface area contributed by atoms with Crippen molar-refractivity contribution in [3.63, 3.8) is 0 Å². The lowest BCUT2D eigenvalue weighted by Gasteiger charge is -2.01. The molecular formula is C17H13ClN2OS. The Bertz CT molecular complexity index is 855. The number of hydrogen-bond acceptors (Lipinski definition) is 3. The molecule has 1 amide bonds. The molecular weight excluding hydrogens is 316 g/mol. The summed E-state index contributed by atoms with van der Waals surface area (Å²) >= 11 is 7.65. The summed E-state index contributed by atoms with van der Waals surface area (Å²) in [5.41, 5.74) is 4.28. The Balaban J connectivity index is 1.83. The molecule has 1 aromatic heterocycles. The van der Waals surface area contributed by atoms with E-state index in [1.807, 2.05) is 61.5 Å². The second-order valence-electron chi connectivity index (χ2n) is 4.75. The van der Waals surface area contributed by atoms with Crippen LogP contribution in [0.25, 0.3) is 10.1 Å². The molecule has 0 atom stereocenters. The smallest absolute Gasteiger partial charge is 0.266 e. The monoisotopic (exact) mass is 328 g/mol. The molecule has 0 fully saturated rings.